The Bertz CT molecular complexity index is 328. The lowest BCUT2D eigenvalue weighted by Crippen LogP contribution is -2.29. The Hall–Kier alpha value is -0.930. The predicted octanol–water partition coefficient (Wildman–Crippen LogP) is 2.57. The van der Waals surface area contributed by atoms with Crippen molar-refractivity contribution in [2.75, 3.05) is 19.6 Å². The average molecular weight is 247 g/mol. The molecule has 0 saturated carbocycles. The molecule has 1 saturated heterocycles. The molecule has 0 spiro atoms. The summed E-state index contributed by atoms with van der Waals surface area (Å²) >= 11 is 0. The summed E-state index contributed by atoms with van der Waals surface area (Å²) in [5, 5.41) is 3.40. The predicted molar refractivity (Wildman–Crippen MR) is 75.4 cm³/mol. The summed E-state index contributed by atoms with van der Waals surface area (Å²) in [4.78, 5) is 7.08. The lowest BCUT2D eigenvalue weighted by atomic mass is 10.1. The van der Waals surface area contributed by atoms with Crippen molar-refractivity contribution < 1.29 is 0 Å². The summed E-state index contributed by atoms with van der Waals surface area (Å²) in [6.07, 6.45) is 7.28. The Kier molecular flexibility index (Phi) is 5.62. The van der Waals surface area contributed by atoms with E-state index in [4.69, 9.17) is 0 Å². The normalized spacial score (nSPS) is 16.9. The van der Waals surface area contributed by atoms with Crippen LogP contribution in [0.15, 0.2) is 18.3 Å². The molecule has 0 unspecified atom stereocenters. The Morgan fingerprint density at radius 3 is 2.72 bits per heavy atom. The fourth-order valence-corrected chi connectivity index (χ4v) is 2.41. The fourth-order valence-electron chi connectivity index (χ4n) is 2.41. The summed E-state index contributed by atoms with van der Waals surface area (Å²) in [5.74, 6) is 0. The summed E-state index contributed by atoms with van der Waals surface area (Å²) in [6.45, 7) is 7.69. The number of piperidine rings is 1. The number of nitrogens with zero attached hydrogens (tertiary/aromatic N) is 2. The second kappa shape index (κ2) is 7.49. The minimum absolute atomic E-state index is 0.935. The molecular weight excluding hydrogens is 222 g/mol. The van der Waals surface area contributed by atoms with Crippen molar-refractivity contribution in [1.29, 1.82) is 0 Å². The first-order chi connectivity index (χ1) is 8.88. The van der Waals surface area contributed by atoms with Gasteiger partial charge in [0.15, 0.2) is 0 Å². The zero-order chi connectivity index (χ0) is 12.6. The number of likely N-dealkylation sites (tertiary alicyclic amines) is 1. The maximum absolute atomic E-state index is 4.57. The first-order valence-electron chi connectivity index (χ1n) is 7.25. The van der Waals surface area contributed by atoms with E-state index in [0.717, 1.165) is 19.6 Å². The lowest BCUT2D eigenvalue weighted by Gasteiger charge is -2.25. The van der Waals surface area contributed by atoms with Crippen LogP contribution in [0.5, 0.6) is 0 Å². The van der Waals surface area contributed by atoms with E-state index in [1.165, 1.54) is 50.0 Å². The second-order valence-corrected chi connectivity index (χ2v) is 5.17. The van der Waals surface area contributed by atoms with Crippen LogP contribution < -0.4 is 5.32 Å². The Balaban J connectivity index is 1.79. The molecule has 0 radical (unpaired) electrons. The van der Waals surface area contributed by atoms with Gasteiger partial charge in [0.2, 0.25) is 0 Å². The molecule has 1 aliphatic heterocycles. The molecule has 0 aliphatic carbocycles. The summed E-state index contributed by atoms with van der Waals surface area (Å²) in [7, 11) is 0. The Morgan fingerprint density at radius 1 is 1.22 bits per heavy atom. The van der Waals surface area contributed by atoms with E-state index in [9.17, 15) is 0 Å². The molecule has 100 valence electrons. The smallest absolute Gasteiger partial charge is 0.0544 e. The maximum atomic E-state index is 4.57. The molecule has 2 heterocycles. The van der Waals surface area contributed by atoms with Gasteiger partial charge < -0.3 is 5.32 Å². The molecule has 0 amide bonds. The van der Waals surface area contributed by atoms with Crippen molar-refractivity contribution >= 4 is 0 Å². The highest BCUT2D eigenvalue weighted by Gasteiger charge is 2.10. The minimum Gasteiger partial charge on any atom is -0.313 e. The van der Waals surface area contributed by atoms with Gasteiger partial charge in [-0.2, -0.15) is 0 Å². The largest absolute Gasteiger partial charge is 0.313 e. The first-order valence-corrected chi connectivity index (χ1v) is 7.25. The molecule has 3 heteroatoms. The van der Waals surface area contributed by atoms with Crippen molar-refractivity contribution in [1.82, 2.24) is 15.2 Å². The molecule has 3 nitrogen and oxygen atoms in total. The Labute approximate surface area is 111 Å². The quantitative estimate of drug-likeness (QED) is 0.783. The van der Waals surface area contributed by atoms with Crippen molar-refractivity contribution in [3.8, 4) is 0 Å². The van der Waals surface area contributed by atoms with Gasteiger partial charge >= 0.3 is 0 Å². The summed E-state index contributed by atoms with van der Waals surface area (Å²) in [5.41, 5.74) is 2.49. The second-order valence-electron chi connectivity index (χ2n) is 5.17. The standard InChI is InChI=1S/C15H25N3/c1-2-8-16-11-14-6-7-15(17-12-14)13-18-9-4-3-5-10-18/h6-7,12,16H,2-5,8-11,13H2,1H3. The van der Waals surface area contributed by atoms with Crippen LogP contribution in [-0.4, -0.2) is 29.5 Å². The third-order valence-corrected chi connectivity index (χ3v) is 3.48. The highest BCUT2D eigenvalue weighted by Crippen LogP contribution is 2.12. The lowest BCUT2D eigenvalue weighted by molar-refractivity contribution is 0.218. The van der Waals surface area contributed by atoms with Gasteiger partial charge in [-0.3, -0.25) is 9.88 Å². The van der Waals surface area contributed by atoms with Gasteiger partial charge in [-0.25, -0.2) is 0 Å². The third-order valence-electron chi connectivity index (χ3n) is 3.48. The monoisotopic (exact) mass is 247 g/mol. The van der Waals surface area contributed by atoms with Gasteiger partial charge in [-0.15, -0.1) is 0 Å². The molecule has 1 aliphatic rings. The number of nitrogens with one attached hydrogen (secondary N) is 1. The van der Waals surface area contributed by atoms with Gasteiger partial charge in [0.25, 0.3) is 0 Å². The molecule has 2 rings (SSSR count). The van der Waals surface area contributed by atoms with Crippen molar-refractivity contribution in [3.05, 3.63) is 29.6 Å². The van der Waals surface area contributed by atoms with E-state index in [0.29, 0.717) is 0 Å². The first kappa shape index (κ1) is 13.5. The highest BCUT2D eigenvalue weighted by atomic mass is 15.1. The van der Waals surface area contributed by atoms with Crippen LogP contribution in [0.4, 0.5) is 0 Å². The van der Waals surface area contributed by atoms with Crippen LogP contribution in [0.25, 0.3) is 0 Å². The van der Waals surface area contributed by atoms with E-state index < -0.39 is 0 Å². The van der Waals surface area contributed by atoms with Crippen molar-refractivity contribution in [3.63, 3.8) is 0 Å². The van der Waals surface area contributed by atoms with Gasteiger partial charge in [0, 0.05) is 19.3 Å². The van der Waals surface area contributed by atoms with Crippen LogP contribution in [-0.2, 0) is 13.1 Å². The SMILES string of the molecule is CCCNCc1ccc(CN2CCCCC2)nc1. The summed E-state index contributed by atoms with van der Waals surface area (Å²) < 4.78 is 0. The zero-order valence-corrected chi connectivity index (χ0v) is 11.5. The number of rotatable bonds is 6. The zero-order valence-electron chi connectivity index (χ0n) is 11.5. The van der Waals surface area contributed by atoms with E-state index >= 15 is 0 Å². The van der Waals surface area contributed by atoms with Crippen LogP contribution >= 0.6 is 0 Å². The molecule has 1 N–H and O–H groups in total. The highest BCUT2D eigenvalue weighted by molar-refractivity contribution is 5.14. The van der Waals surface area contributed by atoms with E-state index in [1.54, 1.807) is 0 Å². The molecule has 1 aromatic rings. The van der Waals surface area contributed by atoms with Crippen molar-refractivity contribution in [2.45, 2.75) is 45.7 Å². The van der Waals surface area contributed by atoms with E-state index in [2.05, 4.69) is 34.3 Å². The number of aromatic nitrogens is 1. The molecule has 18 heavy (non-hydrogen) atoms. The summed E-state index contributed by atoms with van der Waals surface area (Å²) in [6, 6.07) is 4.38. The van der Waals surface area contributed by atoms with Gasteiger partial charge in [0.1, 0.15) is 0 Å². The molecule has 1 fully saturated rings. The van der Waals surface area contributed by atoms with Crippen LogP contribution in [0.3, 0.4) is 0 Å². The Morgan fingerprint density at radius 2 is 2.06 bits per heavy atom. The van der Waals surface area contributed by atoms with Gasteiger partial charge in [0.05, 0.1) is 5.69 Å². The van der Waals surface area contributed by atoms with Gasteiger partial charge in [-0.05, 0) is 50.5 Å². The topological polar surface area (TPSA) is 28.2 Å². The minimum atomic E-state index is 0.935. The number of pyridine rings is 1. The van der Waals surface area contributed by atoms with E-state index in [1.807, 2.05) is 6.20 Å². The molecule has 0 bridgehead atoms. The van der Waals surface area contributed by atoms with Crippen molar-refractivity contribution in [2.24, 2.45) is 0 Å². The maximum Gasteiger partial charge on any atom is 0.0544 e. The third kappa shape index (κ3) is 4.39. The molecule has 1 aromatic heterocycles. The molecule has 0 aromatic carbocycles. The molecule has 0 atom stereocenters. The van der Waals surface area contributed by atoms with Gasteiger partial charge in [-0.1, -0.05) is 19.4 Å². The van der Waals surface area contributed by atoms with Crippen LogP contribution in [0.1, 0.15) is 43.9 Å². The van der Waals surface area contributed by atoms with Crippen LogP contribution in [0.2, 0.25) is 0 Å². The van der Waals surface area contributed by atoms with Crippen LogP contribution in [0, 0.1) is 0 Å². The molecular formula is C15H25N3. The average Bonchev–Trinajstić information content (AvgIpc) is 2.42. The fraction of sp³-hybridized carbons (Fsp3) is 0.667. The number of hydrogen-bond acceptors (Lipinski definition) is 3. The number of hydrogen-bond donors (Lipinski definition) is 1. The van der Waals surface area contributed by atoms with E-state index in [-0.39, 0.29) is 0 Å².